The minimum atomic E-state index is -4.09. The highest BCUT2D eigenvalue weighted by Crippen LogP contribution is 2.28. The van der Waals surface area contributed by atoms with Gasteiger partial charge in [-0.05, 0) is 19.4 Å². The van der Waals surface area contributed by atoms with Crippen molar-refractivity contribution in [3.05, 3.63) is 23.8 Å². The van der Waals surface area contributed by atoms with E-state index in [1.165, 1.54) is 7.05 Å². The van der Waals surface area contributed by atoms with Crippen molar-refractivity contribution in [3.63, 3.8) is 0 Å². The van der Waals surface area contributed by atoms with E-state index < -0.39 is 32.2 Å². The third-order valence-electron chi connectivity index (χ3n) is 3.51. The molecule has 0 aromatic heterocycles. The van der Waals surface area contributed by atoms with Crippen LogP contribution in [0.2, 0.25) is 0 Å². The molecular weight excluding hydrogens is 290 g/mol. The fraction of sp³-hybridized carbons (Fsp3) is 0.500. The number of nitrogen functional groups attached to an aromatic ring is 1. The van der Waals surface area contributed by atoms with Gasteiger partial charge in [-0.25, -0.2) is 17.2 Å². The summed E-state index contributed by atoms with van der Waals surface area (Å²) < 4.78 is 58.0. The van der Waals surface area contributed by atoms with Gasteiger partial charge in [0.2, 0.25) is 10.0 Å². The Kier molecular flexibility index (Phi) is 3.99. The highest BCUT2D eigenvalue weighted by atomic mass is 32.2. The summed E-state index contributed by atoms with van der Waals surface area (Å²) in [6, 6.07) is 0.896. The minimum absolute atomic E-state index is 0.282. The van der Waals surface area contributed by atoms with Crippen LogP contribution in [0.15, 0.2) is 17.0 Å². The Morgan fingerprint density at radius 3 is 2.55 bits per heavy atom. The van der Waals surface area contributed by atoms with E-state index in [1.807, 2.05) is 0 Å². The highest BCUT2D eigenvalue weighted by molar-refractivity contribution is 7.89. The number of rotatable bonds is 3. The van der Waals surface area contributed by atoms with E-state index >= 15 is 0 Å². The summed E-state index contributed by atoms with van der Waals surface area (Å²) in [4.78, 5) is -0.627. The summed E-state index contributed by atoms with van der Waals surface area (Å²) >= 11 is 0. The molecule has 1 saturated heterocycles. The normalized spacial score (nSPS) is 23.4. The maximum Gasteiger partial charge on any atom is 0.246 e. The number of nitrogens with zero attached hydrogens (tertiary/aromatic N) is 1. The highest BCUT2D eigenvalue weighted by Gasteiger charge is 2.36. The third-order valence-corrected chi connectivity index (χ3v) is 5.41. The first-order valence-electron chi connectivity index (χ1n) is 6.09. The molecule has 0 radical (unpaired) electrons. The number of hydrogen-bond donors (Lipinski definition) is 1. The zero-order valence-corrected chi connectivity index (χ0v) is 12.0. The molecule has 2 atom stereocenters. The Morgan fingerprint density at radius 2 is 2.00 bits per heavy atom. The second kappa shape index (κ2) is 5.27. The van der Waals surface area contributed by atoms with Crippen LogP contribution in [0.4, 0.5) is 14.5 Å². The Hall–Kier alpha value is -1.25. The smallest absolute Gasteiger partial charge is 0.246 e. The van der Waals surface area contributed by atoms with Gasteiger partial charge in [-0.3, -0.25) is 0 Å². The van der Waals surface area contributed by atoms with E-state index in [4.69, 9.17) is 10.5 Å². The second-order valence-corrected chi connectivity index (χ2v) is 6.72. The standard InChI is InChI=1S/C12H16F2N2O3S/c1-7-11(3-4-19-7)16(2)20(17,18)12-6-10(15)8(13)5-9(12)14/h5-7,11H,3-4,15H2,1-2H3. The van der Waals surface area contributed by atoms with Crippen molar-refractivity contribution in [1.29, 1.82) is 0 Å². The van der Waals surface area contributed by atoms with Crippen LogP contribution in [0.5, 0.6) is 0 Å². The molecule has 112 valence electrons. The number of benzene rings is 1. The molecule has 1 aliphatic rings. The van der Waals surface area contributed by atoms with Gasteiger partial charge >= 0.3 is 0 Å². The van der Waals surface area contributed by atoms with Crippen LogP contribution in [0.1, 0.15) is 13.3 Å². The Balaban J connectivity index is 2.42. The van der Waals surface area contributed by atoms with E-state index in [0.29, 0.717) is 19.1 Å². The van der Waals surface area contributed by atoms with Crippen LogP contribution in [-0.2, 0) is 14.8 Å². The SMILES string of the molecule is CC1OCCC1N(C)S(=O)(=O)c1cc(N)c(F)cc1F. The lowest BCUT2D eigenvalue weighted by atomic mass is 10.2. The number of sulfonamides is 1. The fourth-order valence-electron chi connectivity index (χ4n) is 2.27. The van der Waals surface area contributed by atoms with Gasteiger partial charge in [0.05, 0.1) is 17.8 Å². The van der Waals surface area contributed by atoms with Gasteiger partial charge in [0.25, 0.3) is 0 Å². The summed E-state index contributed by atoms with van der Waals surface area (Å²) in [6.45, 7) is 2.19. The average Bonchev–Trinajstić information content (AvgIpc) is 2.78. The van der Waals surface area contributed by atoms with Crippen molar-refractivity contribution in [2.75, 3.05) is 19.4 Å². The molecule has 0 amide bonds. The van der Waals surface area contributed by atoms with Crippen molar-refractivity contribution in [2.24, 2.45) is 0 Å². The number of hydrogen-bond acceptors (Lipinski definition) is 4. The van der Waals surface area contributed by atoms with Gasteiger partial charge in [0, 0.05) is 19.7 Å². The Labute approximate surface area is 116 Å². The maximum atomic E-state index is 13.7. The Morgan fingerprint density at radius 1 is 1.35 bits per heavy atom. The zero-order valence-electron chi connectivity index (χ0n) is 11.1. The molecule has 1 fully saturated rings. The molecular formula is C12H16F2N2O3S. The number of nitrogens with two attached hydrogens (primary N) is 1. The number of ether oxygens (including phenoxy) is 1. The first-order chi connectivity index (χ1) is 9.25. The molecule has 5 nitrogen and oxygen atoms in total. The van der Waals surface area contributed by atoms with E-state index in [2.05, 4.69) is 0 Å². The molecule has 1 aliphatic heterocycles. The topological polar surface area (TPSA) is 72.6 Å². The molecule has 0 saturated carbocycles. The number of halogens is 2. The molecule has 2 unspecified atom stereocenters. The van der Waals surface area contributed by atoms with Crippen LogP contribution in [0, 0.1) is 11.6 Å². The van der Waals surface area contributed by atoms with Gasteiger partial charge in [-0.2, -0.15) is 4.31 Å². The zero-order chi connectivity index (χ0) is 15.1. The summed E-state index contributed by atoms with van der Waals surface area (Å²) in [6.07, 6.45) is 0.241. The molecule has 0 spiro atoms. The molecule has 1 aromatic carbocycles. The van der Waals surface area contributed by atoms with Gasteiger partial charge in [0.1, 0.15) is 16.5 Å². The lowest BCUT2D eigenvalue weighted by Gasteiger charge is -2.26. The summed E-state index contributed by atoms with van der Waals surface area (Å²) in [5, 5.41) is 0. The molecule has 0 aliphatic carbocycles. The summed E-state index contributed by atoms with van der Waals surface area (Å²) in [5.74, 6) is -2.14. The minimum Gasteiger partial charge on any atom is -0.396 e. The predicted octanol–water partition coefficient (Wildman–Crippen LogP) is 1.34. The van der Waals surface area contributed by atoms with Crippen molar-refractivity contribution < 1.29 is 21.9 Å². The second-order valence-electron chi connectivity index (χ2n) is 4.76. The molecule has 1 aromatic rings. The monoisotopic (exact) mass is 306 g/mol. The van der Waals surface area contributed by atoms with Crippen LogP contribution in [-0.4, -0.2) is 38.5 Å². The molecule has 0 bridgehead atoms. The van der Waals surface area contributed by atoms with Crippen molar-refractivity contribution in [3.8, 4) is 0 Å². The summed E-state index contributed by atoms with van der Waals surface area (Å²) in [5.41, 5.74) is 4.91. The lowest BCUT2D eigenvalue weighted by Crippen LogP contribution is -2.41. The van der Waals surface area contributed by atoms with Crippen LogP contribution in [0.3, 0.4) is 0 Å². The van der Waals surface area contributed by atoms with Gasteiger partial charge in [-0.15, -0.1) is 0 Å². The molecule has 8 heteroatoms. The summed E-state index contributed by atoms with van der Waals surface area (Å²) in [7, 11) is -2.74. The average molecular weight is 306 g/mol. The van der Waals surface area contributed by atoms with Crippen LogP contribution in [0.25, 0.3) is 0 Å². The van der Waals surface area contributed by atoms with Crippen molar-refractivity contribution in [2.45, 2.75) is 30.4 Å². The van der Waals surface area contributed by atoms with E-state index in [9.17, 15) is 17.2 Å². The van der Waals surface area contributed by atoms with Gasteiger partial charge < -0.3 is 10.5 Å². The lowest BCUT2D eigenvalue weighted by molar-refractivity contribution is 0.102. The third kappa shape index (κ3) is 2.50. The van der Waals surface area contributed by atoms with Crippen molar-refractivity contribution >= 4 is 15.7 Å². The predicted molar refractivity (Wildman–Crippen MR) is 69.5 cm³/mol. The number of anilines is 1. The van der Waals surface area contributed by atoms with E-state index in [1.54, 1.807) is 6.92 Å². The number of likely N-dealkylation sites (N-methyl/N-ethyl adjacent to an activating group) is 1. The maximum absolute atomic E-state index is 13.7. The fourth-order valence-corrected chi connectivity index (χ4v) is 3.80. The Bertz CT molecular complexity index is 621. The first-order valence-corrected chi connectivity index (χ1v) is 7.53. The first kappa shape index (κ1) is 15.1. The molecule has 2 rings (SSSR count). The van der Waals surface area contributed by atoms with Crippen LogP contribution >= 0.6 is 0 Å². The molecule has 20 heavy (non-hydrogen) atoms. The van der Waals surface area contributed by atoms with Crippen LogP contribution < -0.4 is 5.73 Å². The van der Waals surface area contributed by atoms with Gasteiger partial charge in [0.15, 0.2) is 0 Å². The molecule has 1 heterocycles. The molecule has 2 N–H and O–H groups in total. The van der Waals surface area contributed by atoms with E-state index in [0.717, 1.165) is 10.4 Å². The van der Waals surface area contributed by atoms with E-state index in [-0.39, 0.29) is 12.1 Å². The van der Waals surface area contributed by atoms with Crippen molar-refractivity contribution in [1.82, 2.24) is 4.31 Å². The van der Waals surface area contributed by atoms with Gasteiger partial charge in [-0.1, -0.05) is 0 Å². The quantitative estimate of drug-likeness (QED) is 0.856. The largest absolute Gasteiger partial charge is 0.396 e.